The van der Waals surface area contributed by atoms with Crippen molar-refractivity contribution in [1.29, 1.82) is 5.26 Å². The Kier molecular flexibility index (Phi) is 5.10. The van der Waals surface area contributed by atoms with Crippen molar-refractivity contribution in [2.75, 3.05) is 0 Å². The van der Waals surface area contributed by atoms with Crippen LogP contribution in [0.1, 0.15) is 30.7 Å². The molecule has 0 N–H and O–H groups in total. The van der Waals surface area contributed by atoms with E-state index in [2.05, 4.69) is 4.98 Å². The third kappa shape index (κ3) is 2.71. The lowest BCUT2D eigenvalue weighted by molar-refractivity contribution is 1.18. The van der Waals surface area contributed by atoms with Gasteiger partial charge in [0.1, 0.15) is 11.8 Å². The van der Waals surface area contributed by atoms with Crippen molar-refractivity contribution in [2.45, 2.75) is 27.7 Å². The maximum atomic E-state index is 8.56. The summed E-state index contributed by atoms with van der Waals surface area (Å²) in [5.41, 5.74) is 2.07. The summed E-state index contributed by atoms with van der Waals surface area (Å²) in [6.45, 7) is 7.66. The molecule has 0 aliphatic rings. The van der Waals surface area contributed by atoms with Gasteiger partial charge in [0.2, 0.25) is 0 Å². The molecule has 0 atom stereocenters. The number of hydrogen-bond acceptors (Lipinski definition) is 2. The van der Waals surface area contributed by atoms with Crippen LogP contribution in [0.25, 0.3) is 0 Å². The van der Waals surface area contributed by atoms with Crippen LogP contribution in [-0.4, -0.2) is 4.98 Å². The average Bonchev–Trinajstić information content (AvgIpc) is 2.18. The van der Waals surface area contributed by atoms with Crippen molar-refractivity contribution in [3.05, 3.63) is 28.0 Å². The van der Waals surface area contributed by atoms with Gasteiger partial charge in [0.15, 0.2) is 0 Å². The standard InChI is InChI=1S/C8H7ClN2.C2H6/c1-5-4-11-7(3-10)6(2)8(5)9;1-2/h4H,1-2H3;1-2H3. The zero-order valence-corrected chi connectivity index (χ0v) is 9.11. The van der Waals surface area contributed by atoms with E-state index in [-0.39, 0.29) is 0 Å². The van der Waals surface area contributed by atoms with Crippen LogP contribution in [0.4, 0.5) is 0 Å². The van der Waals surface area contributed by atoms with Gasteiger partial charge in [-0.05, 0) is 19.4 Å². The molecule has 0 saturated heterocycles. The van der Waals surface area contributed by atoms with Gasteiger partial charge in [0.05, 0.1) is 5.02 Å². The van der Waals surface area contributed by atoms with Gasteiger partial charge in [-0.25, -0.2) is 4.98 Å². The highest BCUT2D eigenvalue weighted by atomic mass is 35.5. The average molecular weight is 197 g/mol. The number of hydrogen-bond donors (Lipinski definition) is 0. The van der Waals surface area contributed by atoms with E-state index in [0.717, 1.165) is 11.1 Å². The molecular formula is C10H13ClN2. The lowest BCUT2D eigenvalue weighted by Gasteiger charge is -2.01. The van der Waals surface area contributed by atoms with Crippen molar-refractivity contribution >= 4 is 11.6 Å². The van der Waals surface area contributed by atoms with Crippen molar-refractivity contribution in [3.63, 3.8) is 0 Å². The first-order chi connectivity index (χ1) is 6.16. The quantitative estimate of drug-likeness (QED) is 0.639. The fraction of sp³-hybridized carbons (Fsp3) is 0.400. The van der Waals surface area contributed by atoms with Gasteiger partial charge in [0, 0.05) is 11.8 Å². The number of aromatic nitrogens is 1. The summed E-state index contributed by atoms with van der Waals surface area (Å²) in [6.07, 6.45) is 1.61. The van der Waals surface area contributed by atoms with E-state index in [1.807, 2.05) is 26.8 Å². The molecule has 13 heavy (non-hydrogen) atoms. The van der Waals surface area contributed by atoms with Gasteiger partial charge in [-0.15, -0.1) is 0 Å². The van der Waals surface area contributed by atoms with Gasteiger partial charge in [-0.3, -0.25) is 0 Å². The number of pyridine rings is 1. The van der Waals surface area contributed by atoms with Gasteiger partial charge >= 0.3 is 0 Å². The van der Waals surface area contributed by atoms with Gasteiger partial charge in [0.25, 0.3) is 0 Å². The van der Waals surface area contributed by atoms with E-state index in [0.29, 0.717) is 10.7 Å². The first-order valence-electron chi connectivity index (χ1n) is 4.18. The van der Waals surface area contributed by atoms with Crippen molar-refractivity contribution < 1.29 is 0 Å². The molecule has 1 aromatic heterocycles. The monoisotopic (exact) mass is 196 g/mol. The Morgan fingerprint density at radius 1 is 1.38 bits per heavy atom. The summed E-state index contributed by atoms with van der Waals surface area (Å²) in [7, 11) is 0. The minimum Gasteiger partial charge on any atom is -0.245 e. The van der Waals surface area contributed by atoms with Crippen molar-refractivity contribution in [1.82, 2.24) is 4.98 Å². The van der Waals surface area contributed by atoms with Crippen LogP contribution in [0.5, 0.6) is 0 Å². The Labute approximate surface area is 84.2 Å². The van der Waals surface area contributed by atoms with E-state index in [1.54, 1.807) is 13.1 Å². The number of rotatable bonds is 0. The second-order valence-corrected chi connectivity index (χ2v) is 2.72. The minimum absolute atomic E-state index is 0.403. The van der Waals surface area contributed by atoms with Crippen molar-refractivity contribution in [2.24, 2.45) is 0 Å². The molecule has 0 aromatic carbocycles. The van der Waals surface area contributed by atoms with E-state index in [1.165, 1.54) is 0 Å². The van der Waals surface area contributed by atoms with Crippen LogP contribution in [0.2, 0.25) is 5.02 Å². The van der Waals surface area contributed by atoms with Crippen LogP contribution in [0, 0.1) is 25.2 Å². The molecule has 1 heterocycles. The van der Waals surface area contributed by atoms with Crippen LogP contribution in [0.3, 0.4) is 0 Å². The van der Waals surface area contributed by atoms with Crippen LogP contribution in [0.15, 0.2) is 6.20 Å². The highest BCUT2D eigenvalue weighted by Gasteiger charge is 2.04. The second-order valence-electron chi connectivity index (χ2n) is 2.34. The molecule has 0 fully saturated rings. The summed E-state index contributed by atoms with van der Waals surface area (Å²) in [5, 5.41) is 9.20. The zero-order chi connectivity index (χ0) is 10.4. The Hall–Kier alpha value is -1.07. The lowest BCUT2D eigenvalue weighted by atomic mass is 10.2. The molecule has 70 valence electrons. The summed E-state index contributed by atoms with van der Waals surface area (Å²) in [6, 6.07) is 1.97. The highest BCUT2D eigenvalue weighted by Crippen LogP contribution is 2.20. The van der Waals surface area contributed by atoms with Gasteiger partial charge in [-0.2, -0.15) is 5.26 Å². The summed E-state index contributed by atoms with van der Waals surface area (Å²) in [4.78, 5) is 3.91. The summed E-state index contributed by atoms with van der Waals surface area (Å²) in [5.74, 6) is 0. The predicted molar refractivity (Wildman–Crippen MR) is 54.8 cm³/mol. The molecule has 0 saturated carbocycles. The van der Waals surface area contributed by atoms with Crippen LogP contribution in [-0.2, 0) is 0 Å². The number of nitrogens with zero attached hydrogens (tertiary/aromatic N) is 2. The fourth-order valence-electron chi connectivity index (χ4n) is 0.827. The molecular weight excluding hydrogens is 184 g/mol. The third-order valence-electron chi connectivity index (χ3n) is 1.52. The predicted octanol–water partition coefficient (Wildman–Crippen LogP) is 3.25. The molecule has 0 spiro atoms. The molecule has 1 rings (SSSR count). The normalized spacial score (nSPS) is 8.31. The first-order valence-corrected chi connectivity index (χ1v) is 4.56. The van der Waals surface area contributed by atoms with Gasteiger partial charge in [-0.1, -0.05) is 25.4 Å². The Bertz CT molecular complexity index is 326. The third-order valence-corrected chi connectivity index (χ3v) is 2.11. The van der Waals surface area contributed by atoms with E-state index >= 15 is 0 Å². The molecule has 0 amide bonds. The van der Waals surface area contributed by atoms with Crippen LogP contribution < -0.4 is 0 Å². The topological polar surface area (TPSA) is 36.7 Å². The molecule has 0 aliphatic carbocycles. The summed E-state index contributed by atoms with van der Waals surface area (Å²) >= 11 is 5.87. The van der Waals surface area contributed by atoms with Crippen LogP contribution >= 0.6 is 11.6 Å². The largest absolute Gasteiger partial charge is 0.245 e. The second kappa shape index (κ2) is 5.55. The molecule has 0 radical (unpaired) electrons. The molecule has 2 nitrogen and oxygen atoms in total. The Morgan fingerprint density at radius 2 is 1.92 bits per heavy atom. The summed E-state index contributed by atoms with van der Waals surface area (Å²) < 4.78 is 0. The lowest BCUT2D eigenvalue weighted by Crippen LogP contribution is -1.90. The maximum absolute atomic E-state index is 8.56. The SMILES string of the molecule is CC.Cc1cnc(C#N)c(C)c1Cl. The number of aryl methyl sites for hydroxylation is 1. The maximum Gasteiger partial charge on any atom is 0.144 e. The van der Waals surface area contributed by atoms with E-state index in [4.69, 9.17) is 16.9 Å². The van der Waals surface area contributed by atoms with Gasteiger partial charge < -0.3 is 0 Å². The number of halogens is 1. The minimum atomic E-state index is 0.403. The first kappa shape index (κ1) is 11.9. The highest BCUT2D eigenvalue weighted by molar-refractivity contribution is 6.32. The smallest absolute Gasteiger partial charge is 0.144 e. The van der Waals surface area contributed by atoms with E-state index in [9.17, 15) is 0 Å². The molecule has 1 aromatic rings. The number of nitriles is 1. The zero-order valence-electron chi connectivity index (χ0n) is 8.35. The molecule has 0 aliphatic heterocycles. The van der Waals surface area contributed by atoms with E-state index < -0.39 is 0 Å². The molecule has 0 unspecified atom stereocenters. The Morgan fingerprint density at radius 3 is 2.38 bits per heavy atom. The Balaban J connectivity index is 0.000000671. The van der Waals surface area contributed by atoms with Crippen molar-refractivity contribution in [3.8, 4) is 6.07 Å². The molecule has 0 bridgehead atoms. The fourth-order valence-corrected chi connectivity index (χ4v) is 0.966. The molecule has 3 heteroatoms.